The summed E-state index contributed by atoms with van der Waals surface area (Å²) < 4.78 is 0. The van der Waals surface area contributed by atoms with Crippen molar-refractivity contribution < 1.29 is 9.90 Å². The highest BCUT2D eigenvalue weighted by atomic mass is 16.3. The number of nitrogens with two attached hydrogens (primary N) is 1. The summed E-state index contributed by atoms with van der Waals surface area (Å²) in [5.74, 6) is 0.385. The number of amides is 1. The molecule has 2 aromatic rings. The van der Waals surface area contributed by atoms with E-state index in [2.05, 4.69) is 4.99 Å². The van der Waals surface area contributed by atoms with Gasteiger partial charge in [-0.1, -0.05) is 30.3 Å². The van der Waals surface area contributed by atoms with Crippen molar-refractivity contribution in [3.8, 4) is 0 Å². The lowest BCUT2D eigenvalue weighted by Gasteiger charge is -2.31. The second-order valence-electron chi connectivity index (χ2n) is 6.84. The Kier molecular flexibility index (Phi) is 4.64. The zero-order valence-corrected chi connectivity index (χ0v) is 14.9. The highest BCUT2D eigenvalue weighted by molar-refractivity contribution is 5.95. The molecule has 2 heterocycles. The van der Waals surface area contributed by atoms with Gasteiger partial charge in [0.1, 0.15) is 5.82 Å². The molecule has 6 heteroatoms. The van der Waals surface area contributed by atoms with Gasteiger partial charge < -0.3 is 20.6 Å². The number of aliphatic hydroxyl groups is 1. The average Bonchev–Trinajstić information content (AvgIpc) is 3.14. The molecule has 27 heavy (non-hydrogen) atoms. The SMILES string of the molecule is NC1=CN(c2ccccc2)C(c2cccc(C(=O)N3CCC(O)C3)c2)C=N1. The fraction of sp³-hybridized carbons (Fsp3) is 0.238. The summed E-state index contributed by atoms with van der Waals surface area (Å²) in [6.07, 6.45) is 3.81. The number of aliphatic hydroxyl groups excluding tert-OH is 1. The first-order chi connectivity index (χ1) is 13.1. The van der Waals surface area contributed by atoms with Gasteiger partial charge in [-0.3, -0.25) is 4.79 Å². The van der Waals surface area contributed by atoms with Gasteiger partial charge in [0.25, 0.3) is 5.91 Å². The Hall–Kier alpha value is -3.12. The largest absolute Gasteiger partial charge is 0.391 e. The van der Waals surface area contributed by atoms with Crippen molar-refractivity contribution in [3.63, 3.8) is 0 Å². The van der Waals surface area contributed by atoms with Crippen LogP contribution in [0.25, 0.3) is 0 Å². The fourth-order valence-corrected chi connectivity index (χ4v) is 3.53. The van der Waals surface area contributed by atoms with Crippen molar-refractivity contribution in [2.75, 3.05) is 18.0 Å². The number of likely N-dealkylation sites (tertiary alicyclic amines) is 1. The lowest BCUT2D eigenvalue weighted by Crippen LogP contribution is -2.31. The quantitative estimate of drug-likeness (QED) is 0.878. The zero-order chi connectivity index (χ0) is 18.8. The number of hydrogen-bond donors (Lipinski definition) is 2. The maximum atomic E-state index is 12.8. The van der Waals surface area contributed by atoms with Gasteiger partial charge >= 0.3 is 0 Å². The zero-order valence-electron chi connectivity index (χ0n) is 14.9. The van der Waals surface area contributed by atoms with E-state index in [0.717, 1.165) is 11.3 Å². The molecule has 0 saturated carbocycles. The molecule has 1 amide bonds. The smallest absolute Gasteiger partial charge is 0.253 e. The molecule has 138 valence electrons. The molecular formula is C21H22N4O2. The molecular weight excluding hydrogens is 340 g/mol. The predicted octanol–water partition coefficient (Wildman–Crippen LogP) is 2.28. The van der Waals surface area contributed by atoms with Crippen LogP contribution < -0.4 is 10.6 Å². The summed E-state index contributed by atoms with van der Waals surface area (Å²) in [6, 6.07) is 17.4. The van der Waals surface area contributed by atoms with Gasteiger partial charge in [0.15, 0.2) is 0 Å². The van der Waals surface area contributed by atoms with Crippen LogP contribution in [0.2, 0.25) is 0 Å². The summed E-state index contributed by atoms with van der Waals surface area (Å²) in [5.41, 5.74) is 8.48. The van der Waals surface area contributed by atoms with E-state index in [1.807, 2.05) is 65.7 Å². The van der Waals surface area contributed by atoms with Gasteiger partial charge in [-0.25, -0.2) is 4.99 Å². The van der Waals surface area contributed by atoms with E-state index < -0.39 is 6.10 Å². The summed E-state index contributed by atoms with van der Waals surface area (Å²) in [6.45, 7) is 0.980. The lowest BCUT2D eigenvalue weighted by molar-refractivity contribution is 0.0765. The van der Waals surface area contributed by atoms with Crippen molar-refractivity contribution in [3.05, 3.63) is 77.7 Å². The highest BCUT2D eigenvalue weighted by Gasteiger charge is 2.27. The number of carbonyl (C=O) groups excluding carboxylic acids is 1. The van der Waals surface area contributed by atoms with Gasteiger partial charge in [-0.15, -0.1) is 0 Å². The molecule has 2 unspecified atom stereocenters. The molecule has 1 saturated heterocycles. The molecule has 6 nitrogen and oxygen atoms in total. The van der Waals surface area contributed by atoms with Crippen LogP contribution in [0.5, 0.6) is 0 Å². The van der Waals surface area contributed by atoms with Crippen LogP contribution in [0.3, 0.4) is 0 Å². The van der Waals surface area contributed by atoms with Crippen molar-refractivity contribution in [1.29, 1.82) is 0 Å². The number of carbonyl (C=O) groups is 1. The van der Waals surface area contributed by atoms with Crippen molar-refractivity contribution in [1.82, 2.24) is 4.90 Å². The van der Waals surface area contributed by atoms with Crippen molar-refractivity contribution in [2.45, 2.75) is 18.6 Å². The number of anilines is 1. The van der Waals surface area contributed by atoms with Gasteiger partial charge in [0, 0.05) is 36.8 Å². The Balaban J connectivity index is 1.64. The Morgan fingerprint density at radius 2 is 1.96 bits per heavy atom. The molecule has 0 aromatic heterocycles. The first kappa shape index (κ1) is 17.3. The minimum atomic E-state index is -0.427. The van der Waals surface area contributed by atoms with Crippen LogP contribution in [0.4, 0.5) is 5.69 Å². The number of hydrogen-bond acceptors (Lipinski definition) is 5. The van der Waals surface area contributed by atoms with Gasteiger partial charge in [-0.2, -0.15) is 0 Å². The maximum absolute atomic E-state index is 12.8. The van der Waals surface area contributed by atoms with Crippen LogP contribution in [0, 0.1) is 0 Å². The molecule has 0 aliphatic carbocycles. The Labute approximate surface area is 158 Å². The molecule has 2 aromatic carbocycles. The lowest BCUT2D eigenvalue weighted by atomic mass is 10.0. The summed E-state index contributed by atoms with van der Waals surface area (Å²) in [5, 5.41) is 9.70. The van der Waals surface area contributed by atoms with E-state index in [9.17, 15) is 9.90 Å². The number of rotatable bonds is 3. The van der Waals surface area contributed by atoms with E-state index in [1.54, 1.807) is 11.1 Å². The standard InChI is InChI=1S/C21H22N4O2/c22-20-14-25(17-7-2-1-3-8-17)19(12-23-20)15-5-4-6-16(11-15)21(27)24-10-9-18(26)13-24/h1-8,11-12,14,18-19,26H,9-10,13,22H2. The molecule has 1 fully saturated rings. The van der Waals surface area contributed by atoms with E-state index >= 15 is 0 Å². The van der Waals surface area contributed by atoms with Crippen LogP contribution >= 0.6 is 0 Å². The molecule has 2 aliphatic heterocycles. The Morgan fingerprint density at radius 1 is 1.15 bits per heavy atom. The molecule has 4 rings (SSSR count). The Bertz CT molecular complexity index is 894. The molecule has 0 radical (unpaired) electrons. The Morgan fingerprint density at radius 3 is 2.70 bits per heavy atom. The van der Waals surface area contributed by atoms with Crippen molar-refractivity contribution >= 4 is 17.8 Å². The highest BCUT2D eigenvalue weighted by Crippen LogP contribution is 2.30. The van der Waals surface area contributed by atoms with Gasteiger partial charge in [0.2, 0.25) is 0 Å². The average molecular weight is 362 g/mol. The second-order valence-corrected chi connectivity index (χ2v) is 6.84. The maximum Gasteiger partial charge on any atom is 0.253 e. The first-order valence-electron chi connectivity index (χ1n) is 9.04. The third-order valence-corrected chi connectivity index (χ3v) is 4.92. The number of nitrogens with zero attached hydrogens (tertiary/aromatic N) is 3. The third kappa shape index (κ3) is 3.57. The van der Waals surface area contributed by atoms with Crippen LogP contribution in [-0.2, 0) is 0 Å². The normalized spacial score (nSPS) is 22.0. The molecule has 2 atom stereocenters. The minimum absolute atomic E-state index is 0.0533. The minimum Gasteiger partial charge on any atom is -0.391 e. The van der Waals surface area contributed by atoms with Crippen LogP contribution in [0.1, 0.15) is 28.4 Å². The predicted molar refractivity (Wildman–Crippen MR) is 105 cm³/mol. The van der Waals surface area contributed by atoms with Crippen molar-refractivity contribution in [2.24, 2.45) is 10.7 Å². The van der Waals surface area contributed by atoms with E-state index in [-0.39, 0.29) is 11.9 Å². The van der Waals surface area contributed by atoms with Crippen LogP contribution in [-0.4, -0.2) is 41.3 Å². The van der Waals surface area contributed by atoms with E-state index in [1.165, 1.54) is 0 Å². The summed E-state index contributed by atoms with van der Waals surface area (Å²) in [4.78, 5) is 20.8. The monoisotopic (exact) mass is 362 g/mol. The number of aliphatic imine (C=N–C) groups is 1. The number of benzene rings is 2. The molecule has 0 spiro atoms. The molecule has 0 bridgehead atoms. The first-order valence-corrected chi connectivity index (χ1v) is 9.04. The topological polar surface area (TPSA) is 82.2 Å². The van der Waals surface area contributed by atoms with Gasteiger partial charge in [-0.05, 0) is 36.2 Å². The summed E-state index contributed by atoms with van der Waals surface area (Å²) >= 11 is 0. The number of para-hydroxylation sites is 1. The molecule has 2 aliphatic rings. The van der Waals surface area contributed by atoms with E-state index in [4.69, 9.17) is 5.73 Å². The second kappa shape index (κ2) is 7.25. The number of β-amino-alcohol motifs (C(OH)–C–C–N with tert-alkyl or cyclic N) is 1. The van der Waals surface area contributed by atoms with E-state index in [0.29, 0.717) is 30.9 Å². The fourth-order valence-electron chi connectivity index (χ4n) is 3.53. The summed E-state index contributed by atoms with van der Waals surface area (Å²) in [7, 11) is 0. The van der Waals surface area contributed by atoms with Gasteiger partial charge in [0.05, 0.1) is 12.1 Å². The van der Waals surface area contributed by atoms with Crippen LogP contribution in [0.15, 0.2) is 71.6 Å². The third-order valence-electron chi connectivity index (χ3n) is 4.92. The molecule has 3 N–H and O–H groups in total.